The van der Waals surface area contributed by atoms with Crippen LogP contribution < -0.4 is 5.56 Å². The van der Waals surface area contributed by atoms with Crippen molar-refractivity contribution in [3.63, 3.8) is 0 Å². The number of hydrogen-bond acceptors (Lipinski definition) is 3. The molecule has 2 rings (SSSR count). The summed E-state index contributed by atoms with van der Waals surface area (Å²) in [6, 6.07) is 9.89. The van der Waals surface area contributed by atoms with Crippen LogP contribution in [0.2, 0.25) is 0 Å². The van der Waals surface area contributed by atoms with Crippen molar-refractivity contribution in [1.29, 1.82) is 0 Å². The number of H-pyrrole nitrogens is 1. The molecule has 0 amide bonds. The molecule has 0 saturated heterocycles. The number of unbranched alkanes of at least 4 members (excludes halogenated alkanes) is 1. The summed E-state index contributed by atoms with van der Waals surface area (Å²) in [6.07, 6.45) is 3.05. The monoisotopic (exact) mass is 288 g/mol. The molecule has 0 fully saturated rings. The average molecular weight is 288 g/mol. The molecule has 4 heteroatoms. The van der Waals surface area contributed by atoms with Crippen molar-refractivity contribution in [2.45, 2.75) is 44.0 Å². The summed E-state index contributed by atoms with van der Waals surface area (Å²) < 4.78 is 0. The Morgan fingerprint density at radius 3 is 2.85 bits per heavy atom. The topological polar surface area (TPSA) is 45.8 Å². The number of aryl methyl sites for hydroxylation is 2. The van der Waals surface area contributed by atoms with Gasteiger partial charge >= 0.3 is 0 Å². The minimum absolute atomic E-state index is 0.0570. The maximum Gasteiger partial charge on any atom is 0.251 e. The van der Waals surface area contributed by atoms with Crippen molar-refractivity contribution in [3.05, 3.63) is 57.5 Å². The zero-order valence-corrected chi connectivity index (χ0v) is 12.8. The highest BCUT2D eigenvalue weighted by atomic mass is 32.2. The third-order valence-electron chi connectivity index (χ3n) is 3.19. The Morgan fingerprint density at radius 1 is 1.30 bits per heavy atom. The zero-order valence-electron chi connectivity index (χ0n) is 12.0. The van der Waals surface area contributed by atoms with Gasteiger partial charge in [-0.25, -0.2) is 4.98 Å². The van der Waals surface area contributed by atoms with E-state index in [0.717, 1.165) is 30.7 Å². The predicted octanol–water partition coefficient (Wildman–Crippen LogP) is 3.71. The summed E-state index contributed by atoms with van der Waals surface area (Å²) in [5.41, 5.74) is 3.38. The highest BCUT2D eigenvalue weighted by Gasteiger charge is 2.04. The van der Waals surface area contributed by atoms with Crippen LogP contribution >= 0.6 is 11.8 Å². The van der Waals surface area contributed by atoms with Crippen molar-refractivity contribution in [2.75, 3.05) is 0 Å². The molecule has 0 bridgehead atoms. The average Bonchev–Trinajstić information content (AvgIpc) is 2.44. The molecule has 1 aromatic carbocycles. The quantitative estimate of drug-likeness (QED) is 0.651. The van der Waals surface area contributed by atoms with Crippen molar-refractivity contribution >= 4 is 11.8 Å². The van der Waals surface area contributed by atoms with Gasteiger partial charge in [0.05, 0.1) is 0 Å². The van der Waals surface area contributed by atoms with E-state index in [1.807, 2.05) is 12.1 Å². The van der Waals surface area contributed by atoms with Crippen LogP contribution in [0.15, 0.2) is 40.3 Å². The summed E-state index contributed by atoms with van der Waals surface area (Å²) in [5, 5.41) is 0.715. The third-order valence-corrected chi connectivity index (χ3v) is 4.11. The Bertz CT molecular complexity index is 622. The van der Waals surface area contributed by atoms with Gasteiger partial charge in [-0.1, -0.05) is 49.4 Å². The Labute approximate surface area is 123 Å². The van der Waals surface area contributed by atoms with Crippen LogP contribution in [-0.2, 0) is 12.2 Å². The molecular formula is C16H20N2OS. The molecule has 0 aliphatic rings. The van der Waals surface area contributed by atoms with Gasteiger partial charge in [0.15, 0.2) is 5.16 Å². The molecule has 0 aliphatic heterocycles. The Morgan fingerprint density at radius 2 is 2.10 bits per heavy atom. The van der Waals surface area contributed by atoms with Gasteiger partial charge in [-0.15, -0.1) is 0 Å². The summed E-state index contributed by atoms with van der Waals surface area (Å²) in [5.74, 6) is 0.826. The Hall–Kier alpha value is -1.55. The zero-order chi connectivity index (χ0) is 14.4. The van der Waals surface area contributed by atoms with E-state index in [1.54, 1.807) is 17.8 Å². The van der Waals surface area contributed by atoms with Gasteiger partial charge in [-0.2, -0.15) is 0 Å². The van der Waals surface area contributed by atoms with Crippen molar-refractivity contribution in [2.24, 2.45) is 0 Å². The number of aromatic amines is 1. The van der Waals surface area contributed by atoms with Crippen molar-refractivity contribution in [3.8, 4) is 0 Å². The van der Waals surface area contributed by atoms with Gasteiger partial charge < -0.3 is 4.98 Å². The van der Waals surface area contributed by atoms with E-state index in [-0.39, 0.29) is 5.56 Å². The molecule has 106 valence electrons. The molecule has 3 nitrogen and oxygen atoms in total. The lowest BCUT2D eigenvalue weighted by atomic mass is 10.1. The molecule has 0 saturated carbocycles. The Balaban J connectivity index is 2.07. The minimum Gasteiger partial charge on any atom is -0.301 e. The number of thioether (sulfide) groups is 1. The van der Waals surface area contributed by atoms with E-state index in [0.29, 0.717) is 5.16 Å². The summed E-state index contributed by atoms with van der Waals surface area (Å²) in [4.78, 5) is 19.0. The minimum atomic E-state index is -0.0570. The van der Waals surface area contributed by atoms with E-state index in [4.69, 9.17) is 0 Å². The van der Waals surface area contributed by atoms with Gasteiger partial charge in [-0.05, 0) is 30.9 Å². The predicted molar refractivity (Wildman–Crippen MR) is 84.2 cm³/mol. The fraction of sp³-hybridized carbons (Fsp3) is 0.375. The molecule has 0 unspecified atom stereocenters. The van der Waals surface area contributed by atoms with E-state index >= 15 is 0 Å². The van der Waals surface area contributed by atoms with Crippen LogP contribution in [0.5, 0.6) is 0 Å². The fourth-order valence-electron chi connectivity index (χ4n) is 1.96. The molecule has 1 heterocycles. The van der Waals surface area contributed by atoms with Crippen LogP contribution in [0.1, 0.15) is 36.6 Å². The summed E-state index contributed by atoms with van der Waals surface area (Å²) in [6.45, 7) is 4.24. The molecule has 2 aromatic rings. The van der Waals surface area contributed by atoms with Crippen LogP contribution in [0.25, 0.3) is 0 Å². The molecule has 0 atom stereocenters. The van der Waals surface area contributed by atoms with Gasteiger partial charge in [0, 0.05) is 17.5 Å². The van der Waals surface area contributed by atoms with Crippen LogP contribution in [0.4, 0.5) is 0 Å². The van der Waals surface area contributed by atoms with Gasteiger partial charge in [0.2, 0.25) is 0 Å². The van der Waals surface area contributed by atoms with Gasteiger partial charge in [-0.3, -0.25) is 4.79 Å². The largest absolute Gasteiger partial charge is 0.301 e. The van der Waals surface area contributed by atoms with E-state index in [9.17, 15) is 4.79 Å². The summed E-state index contributed by atoms with van der Waals surface area (Å²) >= 11 is 1.58. The number of hydrogen-bond donors (Lipinski definition) is 1. The molecule has 1 N–H and O–H groups in total. The lowest BCUT2D eigenvalue weighted by molar-refractivity contribution is 0.752. The lowest BCUT2D eigenvalue weighted by Gasteiger charge is -2.06. The second-order valence-corrected chi connectivity index (χ2v) is 5.82. The summed E-state index contributed by atoms with van der Waals surface area (Å²) in [7, 11) is 0. The van der Waals surface area contributed by atoms with E-state index in [1.165, 1.54) is 11.1 Å². The number of benzene rings is 1. The molecule has 0 spiro atoms. The highest BCUT2D eigenvalue weighted by molar-refractivity contribution is 7.98. The molecule has 1 aromatic heterocycles. The van der Waals surface area contributed by atoms with Gasteiger partial charge in [0.25, 0.3) is 5.56 Å². The molecule has 0 radical (unpaired) electrons. The van der Waals surface area contributed by atoms with E-state index < -0.39 is 0 Å². The first-order valence-electron chi connectivity index (χ1n) is 6.96. The molecule has 0 aliphatic carbocycles. The first-order chi connectivity index (χ1) is 9.69. The SMILES string of the molecule is CCCCc1cc(=O)[nH]c(SCc2ccccc2C)n1. The standard InChI is InChI=1S/C16H20N2OS/c1-3-4-9-14-10-15(19)18-16(17-14)20-11-13-8-6-5-7-12(13)2/h5-8,10H,3-4,9,11H2,1-2H3,(H,17,18,19). The Kier molecular flexibility index (Phi) is 5.41. The smallest absolute Gasteiger partial charge is 0.251 e. The maximum absolute atomic E-state index is 11.6. The van der Waals surface area contributed by atoms with Gasteiger partial charge in [0.1, 0.15) is 0 Å². The fourth-order valence-corrected chi connectivity index (χ4v) is 2.93. The first kappa shape index (κ1) is 14.9. The van der Waals surface area contributed by atoms with E-state index in [2.05, 4.69) is 35.9 Å². The second-order valence-electron chi connectivity index (χ2n) is 4.86. The first-order valence-corrected chi connectivity index (χ1v) is 7.95. The maximum atomic E-state index is 11.6. The second kappa shape index (κ2) is 7.29. The number of nitrogens with zero attached hydrogens (tertiary/aromatic N) is 1. The highest BCUT2D eigenvalue weighted by Crippen LogP contribution is 2.20. The van der Waals surface area contributed by atoms with Crippen LogP contribution in [0.3, 0.4) is 0 Å². The van der Waals surface area contributed by atoms with Crippen molar-refractivity contribution in [1.82, 2.24) is 9.97 Å². The van der Waals surface area contributed by atoms with Crippen LogP contribution in [-0.4, -0.2) is 9.97 Å². The lowest BCUT2D eigenvalue weighted by Crippen LogP contribution is -2.10. The number of aromatic nitrogens is 2. The van der Waals surface area contributed by atoms with Crippen LogP contribution in [0, 0.1) is 6.92 Å². The number of nitrogens with one attached hydrogen (secondary N) is 1. The molecular weight excluding hydrogens is 268 g/mol. The normalized spacial score (nSPS) is 10.7. The van der Waals surface area contributed by atoms with Crippen molar-refractivity contribution < 1.29 is 0 Å². The number of rotatable bonds is 6. The molecule has 20 heavy (non-hydrogen) atoms. The third kappa shape index (κ3) is 4.23.